The van der Waals surface area contributed by atoms with Crippen molar-refractivity contribution >= 4 is 28.2 Å². The van der Waals surface area contributed by atoms with Gasteiger partial charge < -0.3 is 4.57 Å². The van der Waals surface area contributed by atoms with Crippen LogP contribution in [0.3, 0.4) is 0 Å². The van der Waals surface area contributed by atoms with Gasteiger partial charge in [-0.1, -0.05) is 43.6 Å². The molecule has 6 heteroatoms. The van der Waals surface area contributed by atoms with Crippen LogP contribution < -0.4 is 5.56 Å². The number of pyridine rings is 1. The molecule has 1 heterocycles. The van der Waals surface area contributed by atoms with Gasteiger partial charge in [0.2, 0.25) is 0 Å². The van der Waals surface area contributed by atoms with E-state index >= 15 is 0 Å². The first-order valence-electron chi connectivity index (χ1n) is 7.95. The van der Waals surface area contributed by atoms with E-state index < -0.39 is 4.92 Å². The van der Waals surface area contributed by atoms with Gasteiger partial charge in [-0.15, -0.1) is 0 Å². The molecule has 0 aliphatic heterocycles. The lowest BCUT2D eigenvalue weighted by Crippen LogP contribution is -2.22. The van der Waals surface area contributed by atoms with Crippen molar-refractivity contribution in [2.24, 2.45) is 5.92 Å². The highest BCUT2D eigenvalue weighted by Gasteiger charge is 2.16. The van der Waals surface area contributed by atoms with Crippen LogP contribution in [0.4, 0.5) is 5.69 Å². The zero-order valence-corrected chi connectivity index (χ0v) is 14.7. The Kier molecular flexibility index (Phi) is 4.59. The Morgan fingerprint density at radius 3 is 2.48 bits per heavy atom. The van der Waals surface area contributed by atoms with Crippen molar-refractivity contribution in [3.63, 3.8) is 0 Å². The predicted octanol–water partition coefficient (Wildman–Crippen LogP) is 4.89. The highest BCUT2D eigenvalue weighted by molar-refractivity contribution is 6.33. The maximum absolute atomic E-state index is 12.7. The van der Waals surface area contributed by atoms with Crippen LogP contribution in [0, 0.1) is 16.0 Å². The van der Waals surface area contributed by atoms with E-state index in [1.165, 1.54) is 18.2 Å². The second-order valence-electron chi connectivity index (χ2n) is 6.34. The number of fused-ring (bicyclic) bond motifs is 1. The molecular formula is C19H17ClN2O3. The lowest BCUT2D eigenvalue weighted by atomic mass is 10.00. The van der Waals surface area contributed by atoms with E-state index in [1.807, 2.05) is 26.0 Å². The van der Waals surface area contributed by atoms with Gasteiger partial charge >= 0.3 is 0 Å². The van der Waals surface area contributed by atoms with Crippen molar-refractivity contribution in [1.29, 1.82) is 0 Å². The molecule has 3 aromatic rings. The maximum Gasteiger partial charge on any atom is 0.270 e. The Bertz CT molecular complexity index is 1020. The summed E-state index contributed by atoms with van der Waals surface area (Å²) in [5.74, 6) is 0.266. The monoisotopic (exact) mass is 356 g/mol. The molecule has 25 heavy (non-hydrogen) atoms. The summed E-state index contributed by atoms with van der Waals surface area (Å²) in [7, 11) is 0. The van der Waals surface area contributed by atoms with Crippen LogP contribution in [-0.2, 0) is 6.54 Å². The highest BCUT2D eigenvalue weighted by Crippen LogP contribution is 2.34. The molecule has 0 fully saturated rings. The lowest BCUT2D eigenvalue weighted by Gasteiger charge is -2.16. The summed E-state index contributed by atoms with van der Waals surface area (Å²) in [6.07, 6.45) is 0. The van der Waals surface area contributed by atoms with Crippen LogP contribution in [-0.4, -0.2) is 9.49 Å². The van der Waals surface area contributed by atoms with E-state index in [1.54, 1.807) is 22.8 Å². The van der Waals surface area contributed by atoms with Gasteiger partial charge in [0.1, 0.15) is 0 Å². The molecule has 0 radical (unpaired) electrons. The number of nitro benzene ring substituents is 1. The van der Waals surface area contributed by atoms with Gasteiger partial charge in [0.25, 0.3) is 11.2 Å². The fraction of sp³-hybridized carbons (Fsp3) is 0.211. The molecule has 0 aliphatic carbocycles. The molecule has 1 aromatic heterocycles. The van der Waals surface area contributed by atoms with Crippen LogP contribution in [0.2, 0.25) is 5.02 Å². The van der Waals surface area contributed by atoms with Gasteiger partial charge in [-0.3, -0.25) is 14.9 Å². The minimum Gasteiger partial charge on any atom is -0.308 e. The number of hydrogen-bond donors (Lipinski definition) is 0. The summed E-state index contributed by atoms with van der Waals surface area (Å²) in [6, 6.07) is 13.2. The highest BCUT2D eigenvalue weighted by atomic mass is 35.5. The van der Waals surface area contributed by atoms with E-state index in [0.29, 0.717) is 33.6 Å². The molecule has 5 nitrogen and oxygen atoms in total. The zero-order valence-electron chi connectivity index (χ0n) is 13.9. The van der Waals surface area contributed by atoms with Gasteiger partial charge in [0, 0.05) is 40.7 Å². The van der Waals surface area contributed by atoms with Gasteiger partial charge in [-0.2, -0.15) is 0 Å². The van der Waals surface area contributed by atoms with Crippen molar-refractivity contribution in [2.75, 3.05) is 0 Å². The summed E-state index contributed by atoms with van der Waals surface area (Å²) < 4.78 is 1.66. The lowest BCUT2D eigenvalue weighted by molar-refractivity contribution is -0.384. The predicted molar refractivity (Wildman–Crippen MR) is 100 cm³/mol. The molecule has 0 saturated carbocycles. The molecule has 0 atom stereocenters. The second-order valence-corrected chi connectivity index (χ2v) is 6.75. The van der Waals surface area contributed by atoms with Crippen molar-refractivity contribution in [1.82, 2.24) is 4.57 Å². The molecule has 0 bridgehead atoms. The number of benzene rings is 2. The Hall–Kier alpha value is -2.66. The summed E-state index contributed by atoms with van der Waals surface area (Å²) in [5, 5.41) is 12.3. The average molecular weight is 357 g/mol. The molecule has 0 saturated heterocycles. The molecule has 128 valence electrons. The molecule has 0 aliphatic rings. The standard InChI is InChI=1S/C19H17ClN2O3/c1-12(2)11-21-18-8-7-13(22(24)25)9-16(18)15(10-19(21)23)14-5-3-4-6-17(14)20/h3-10,12H,11H2,1-2H3. The fourth-order valence-electron chi connectivity index (χ4n) is 2.94. The third kappa shape index (κ3) is 3.28. The Balaban J connectivity index is 2.41. The Morgan fingerprint density at radius 2 is 1.84 bits per heavy atom. The molecule has 2 aromatic carbocycles. The van der Waals surface area contributed by atoms with Crippen molar-refractivity contribution in [2.45, 2.75) is 20.4 Å². The zero-order chi connectivity index (χ0) is 18.1. The second kappa shape index (κ2) is 6.69. The van der Waals surface area contributed by atoms with E-state index in [0.717, 1.165) is 0 Å². The maximum atomic E-state index is 12.7. The largest absolute Gasteiger partial charge is 0.308 e. The van der Waals surface area contributed by atoms with Crippen LogP contribution in [0.1, 0.15) is 13.8 Å². The van der Waals surface area contributed by atoms with Gasteiger partial charge in [-0.05, 0) is 23.6 Å². The number of hydrogen-bond acceptors (Lipinski definition) is 3. The van der Waals surface area contributed by atoms with E-state index in [9.17, 15) is 14.9 Å². The molecule has 3 rings (SSSR count). The van der Waals surface area contributed by atoms with Crippen LogP contribution in [0.15, 0.2) is 53.3 Å². The van der Waals surface area contributed by atoms with Crippen molar-refractivity contribution in [3.05, 3.63) is 74.0 Å². The minimum absolute atomic E-state index is 0.0180. The molecule has 0 amide bonds. The van der Waals surface area contributed by atoms with E-state index in [4.69, 9.17) is 11.6 Å². The van der Waals surface area contributed by atoms with Gasteiger partial charge in [-0.25, -0.2) is 0 Å². The van der Waals surface area contributed by atoms with E-state index in [-0.39, 0.29) is 17.2 Å². The number of nitro groups is 1. The van der Waals surface area contributed by atoms with Gasteiger partial charge in [0.15, 0.2) is 0 Å². The first-order valence-corrected chi connectivity index (χ1v) is 8.33. The number of non-ortho nitro benzene ring substituents is 1. The Labute approximate surface area is 149 Å². The van der Waals surface area contributed by atoms with Gasteiger partial charge in [0.05, 0.1) is 10.4 Å². The summed E-state index contributed by atoms with van der Waals surface area (Å²) in [5.41, 5.74) is 1.79. The smallest absolute Gasteiger partial charge is 0.270 e. The quantitative estimate of drug-likeness (QED) is 0.494. The normalized spacial score (nSPS) is 11.2. The average Bonchev–Trinajstić information content (AvgIpc) is 2.57. The van der Waals surface area contributed by atoms with Crippen molar-refractivity contribution in [3.8, 4) is 11.1 Å². The van der Waals surface area contributed by atoms with Crippen molar-refractivity contribution < 1.29 is 4.92 Å². The van der Waals surface area contributed by atoms with Crippen LogP contribution in [0.5, 0.6) is 0 Å². The first kappa shape index (κ1) is 17.2. The molecule has 0 N–H and O–H groups in total. The van der Waals surface area contributed by atoms with E-state index in [2.05, 4.69) is 0 Å². The number of nitrogens with zero attached hydrogens (tertiary/aromatic N) is 2. The summed E-state index contributed by atoms with van der Waals surface area (Å²) in [4.78, 5) is 23.4. The SMILES string of the molecule is CC(C)Cn1c(=O)cc(-c2ccccc2Cl)c2cc([N+](=O)[O-])ccc21. The third-order valence-corrected chi connectivity index (χ3v) is 4.35. The minimum atomic E-state index is -0.437. The first-order chi connectivity index (χ1) is 11.9. The fourth-order valence-corrected chi connectivity index (χ4v) is 3.18. The molecule has 0 unspecified atom stereocenters. The molecular weight excluding hydrogens is 340 g/mol. The summed E-state index contributed by atoms with van der Waals surface area (Å²) >= 11 is 6.30. The third-order valence-electron chi connectivity index (χ3n) is 4.02. The topological polar surface area (TPSA) is 65.1 Å². The Morgan fingerprint density at radius 1 is 1.12 bits per heavy atom. The number of halogens is 1. The number of aromatic nitrogens is 1. The van der Waals surface area contributed by atoms with Crippen LogP contribution in [0.25, 0.3) is 22.0 Å². The summed E-state index contributed by atoms with van der Waals surface area (Å²) in [6.45, 7) is 4.58. The molecule has 0 spiro atoms. The number of rotatable bonds is 4. The van der Waals surface area contributed by atoms with Crippen LogP contribution >= 0.6 is 11.6 Å².